The zero-order chi connectivity index (χ0) is 12.0. The average molecular weight is 220 g/mol. The monoisotopic (exact) mass is 220 g/mol. The van der Waals surface area contributed by atoms with Crippen LogP contribution in [0.2, 0.25) is 0 Å². The molecule has 0 unspecified atom stereocenters. The van der Waals surface area contributed by atoms with Gasteiger partial charge in [0.1, 0.15) is 0 Å². The lowest BCUT2D eigenvalue weighted by atomic mass is 9.87. The van der Waals surface area contributed by atoms with Gasteiger partial charge in [-0.3, -0.25) is 0 Å². The van der Waals surface area contributed by atoms with Crippen LogP contribution < -0.4 is 0 Å². The van der Waals surface area contributed by atoms with Gasteiger partial charge in [-0.25, -0.2) is 0 Å². The Bertz CT molecular complexity index is 305. The van der Waals surface area contributed by atoms with Crippen molar-refractivity contribution in [2.45, 2.75) is 46.5 Å². The Labute approximate surface area is 99.6 Å². The summed E-state index contributed by atoms with van der Waals surface area (Å²) in [6.07, 6.45) is 13.2. The molecule has 1 N–H and O–H groups in total. The summed E-state index contributed by atoms with van der Waals surface area (Å²) in [5, 5.41) is 9.27. The van der Waals surface area contributed by atoms with E-state index in [1.807, 2.05) is 0 Å². The Kier molecular flexibility index (Phi) is 5.01. The van der Waals surface area contributed by atoms with Crippen LogP contribution in [-0.4, -0.2) is 11.7 Å². The Morgan fingerprint density at radius 1 is 1.31 bits per heavy atom. The first kappa shape index (κ1) is 13.2. The Morgan fingerprint density at radius 3 is 2.75 bits per heavy atom. The van der Waals surface area contributed by atoms with Crippen LogP contribution in [0, 0.1) is 5.41 Å². The molecule has 0 amide bonds. The van der Waals surface area contributed by atoms with E-state index in [0.29, 0.717) is 0 Å². The summed E-state index contributed by atoms with van der Waals surface area (Å²) < 4.78 is 0. The molecule has 0 bridgehead atoms. The van der Waals surface area contributed by atoms with Gasteiger partial charge in [0.25, 0.3) is 0 Å². The molecular formula is C15H24O. The Balaban J connectivity index is 2.82. The Morgan fingerprint density at radius 2 is 2.06 bits per heavy atom. The van der Waals surface area contributed by atoms with Crippen LogP contribution in [0.1, 0.15) is 46.5 Å². The Hall–Kier alpha value is -0.820. The minimum atomic E-state index is 0.199. The molecule has 0 aliphatic heterocycles. The van der Waals surface area contributed by atoms with Crippen molar-refractivity contribution in [3.63, 3.8) is 0 Å². The molecule has 0 aromatic heterocycles. The zero-order valence-electron chi connectivity index (χ0n) is 10.8. The second kappa shape index (κ2) is 6.05. The van der Waals surface area contributed by atoms with E-state index < -0.39 is 0 Å². The summed E-state index contributed by atoms with van der Waals surface area (Å²) in [4.78, 5) is 0. The zero-order valence-corrected chi connectivity index (χ0v) is 10.8. The largest absolute Gasteiger partial charge is 0.392 e. The molecule has 0 fully saturated rings. The lowest BCUT2D eigenvalue weighted by Gasteiger charge is -2.18. The maximum absolute atomic E-state index is 9.27. The van der Waals surface area contributed by atoms with E-state index in [2.05, 4.69) is 45.1 Å². The summed E-state index contributed by atoms with van der Waals surface area (Å²) in [5.41, 5.74) is 2.80. The van der Waals surface area contributed by atoms with Crippen molar-refractivity contribution >= 4 is 0 Å². The third kappa shape index (κ3) is 4.80. The van der Waals surface area contributed by atoms with E-state index in [1.54, 1.807) is 0 Å². The molecule has 0 atom stereocenters. The molecule has 90 valence electrons. The van der Waals surface area contributed by atoms with Crippen molar-refractivity contribution in [2.24, 2.45) is 5.41 Å². The minimum Gasteiger partial charge on any atom is -0.392 e. The highest BCUT2D eigenvalue weighted by molar-refractivity contribution is 5.13. The minimum absolute atomic E-state index is 0.199. The first-order valence-corrected chi connectivity index (χ1v) is 6.15. The van der Waals surface area contributed by atoms with Gasteiger partial charge in [0.2, 0.25) is 0 Å². The summed E-state index contributed by atoms with van der Waals surface area (Å²) in [6.45, 7) is 6.86. The van der Waals surface area contributed by atoms with Crippen LogP contribution in [0.3, 0.4) is 0 Å². The maximum Gasteiger partial charge on any atom is 0.0641 e. The number of aliphatic hydroxyl groups is 1. The molecular weight excluding hydrogens is 196 g/mol. The predicted octanol–water partition coefficient (Wildman–Crippen LogP) is 4.01. The van der Waals surface area contributed by atoms with Gasteiger partial charge in [0, 0.05) is 0 Å². The summed E-state index contributed by atoms with van der Waals surface area (Å²) >= 11 is 0. The molecule has 1 rings (SSSR count). The van der Waals surface area contributed by atoms with Crippen LogP contribution in [0.5, 0.6) is 0 Å². The van der Waals surface area contributed by atoms with Crippen molar-refractivity contribution in [2.75, 3.05) is 6.61 Å². The van der Waals surface area contributed by atoms with Crippen LogP contribution in [0.15, 0.2) is 35.5 Å². The summed E-state index contributed by atoms with van der Waals surface area (Å²) in [5.74, 6) is 0. The van der Waals surface area contributed by atoms with E-state index in [1.165, 1.54) is 11.1 Å². The number of rotatable bonds is 1. The number of hydrogen-bond donors (Lipinski definition) is 1. The van der Waals surface area contributed by atoms with E-state index in [0.717, 1.165) is 25.7 Å². The fourth-order valence-electron chi connectivity index (χ4n) is 1.87. The van der Waals surface area contributed by atoms with Crippen molar-refractivity contribution < 1.29 is 5.11 Å². The highest BCUT2D eigenvalue weighted by Gasteiger charge is 2.12. The van der Waals surface area contributed by atoms with E-state index in [-0.39, 0.29) is 12.0 Å². The smallest absolute Gasteiger partial charge is 0.0641 e. The van der Waals surface area contributed by atoms with Crippen molar-refractivity contribution in [3.8, 4) is 0 Å². The SMILES string of the molecule is C/C1=C/CCC(CO)=CCC(C)(C)/C=C/C1. The average Bonchev–Trinajstić information content (AvgIpc) is 2.24. The second-order valence-corrected chi connectivity index (χ2v) is 5.41. The number of aliphatic hydroxyl groups excluding tert-OH is 1. The first-order chi connectivity index (χ1) is 7.53. The standard InChI is InChI=1S/C15H24O/c1-13-6-4-8-14(12-16)9-11-15(2,3)10-5-7-13/h5-6,9-10,16H,4,7-8,11-12H2,1-3H3/b10-5+,13-6-,14-9?. The quantitative estimate of drug-likeness (QED) is 0.662. The van der Waals surface area contributed by atoms with Gasteiger partial charge in [-0.05, 0) is 43.6 Å². The van der Waals surface area contributed by atoms with Crippen molar-refractivity contribution in [1.29, 1.82) is 0 Å². The predicted molar refractivity (Wildman–Crippen MR) is 70.3 cm³/mol. The van der Waals surface area contributed by atoms with Gasteiger partial charge >= 0.3 is 0 Å². The first-order valence-electron chi connectivity index (χ1n) is 6.15. The lowest BCUT2D eigenvalue weighted by molar-refractivity contribution is 0.325. The van der Waals surface area contributed by atoms with E-state index >= 15 is 0 Å². The molecule has 0 spiro atoms. The molecule has 1 nitrogen and oxygen atoms in total. The van der Waals surface area contributed by atoms with Crippen LogP contribution in [0.4, 0.5) is 0 Å². The van der Waals surface area contributed by atoms with Crippen LogP contribution in [0.25, 0.3) is 0 Å². The van der Waals surface area contributed by atoms with Gasteiger partial charge in [-0.2, -0.15) is 0 Å². The highest BCUT2D eigenvalue weighted by Crippen LogP contribution is 2.25. The van der Waals surface area contributed by atoms with Gasteiger partial charge < -0.3 is 5.11 Å². The molecule has 0 saturated heterocycles. The number of allylic oxidation sites excluding steroid dienone is 5. The van der Waals surface area contributed by atoms with Crippen LogP contribution in [-0.2, 0) is 0 Å². The summed E-state index contributed by atoms with van der Waals surface area (Å²) in [6, 6.07) is 0. The lowest BCUT2D eigenvalue weighted by Crippen LogP contribution is -2.06. The van der Waals surface area contributed by atoms with Gasteiger partial charge in [0.15, 0.2) is 0 Å². The van der Waals surface area contributed by atoms with Crippen LogP contribution >= 0.6 is 0 Å². The third-order valence-electron chi connectivity index (χ3n) is 3.09. The molecule has 0 heterocycles. The van der Waals surface area contributed by atoms with E-state index in [9.17, 15) is 5.11 Å². The van der Waals surface area contributed by atoms with Crippen molar-refractivity contribution in [3.05, 3.63) is 35.5 Å². The highest BCUT2D eigenvalue weighted by atomic mass is 16.3. The molecule has 0 radical (unpaired) electrons. The molecule has 1 aliphatic carbocycles. The number of hydrogen-bond acceptors (Lipinski definition) is 1. The van der Waals surface area contributed by atoms with Gasteiger partial charge in [0.05, 0.1) is 6.61 Å². The topological polar surface area (TPSA) is 20.2 Å². The normalized spacial score (nSPS) is 27.2. The second-order valence-electron chi connectivity index (χ2n) is 5.41. The molecule has 1 aliphatic rings. The fourth-order valence-corrected chi connectivity index (χ4v) is 1.87. The molecule has 0 saturated carbocycles. The van der Waals surface area contributed by atoms with Crippen molar-refractivity contribution in [1.82, 2.24) is 0 Å². The van der Waals surface area contributed by atoms with Gasteiger partial charge in [-0.15, -0.1) is 0 Å². The molecule has 16 heavy (non-hydrogen) atoms. The molecule has 0 aromatic rings. The van der Waals surface area contributed by atoms with Gasteiger partial charge in [-0.1, -0.05) is 43.7 Å². The van der Waals surface area contributed by atoms with E-state index in [4.69, 9.17) is 0 Å². The third-order valence-corrected chi connectivity index (χ3v) is 3.09. The fraction of sp³-hybridized carbons (Fsp3) is 0.600. The summed E-state index contributed by atoms with van der Waals surface area (Å²) in [7, 11) is 0. The maximum atomic E-state index is 9.27. The molecule has 1 heteroatoms. The molecule has 0 aromatic carbocycles.